The van der Waals surface area contributed by atoms with Gasteiger partial charge in [-0.25, -0.2) is 9.69 Å². The van der Waals surface area contributed by atoms with Gasteiger partial charge < -0.3 is 8.92 Å². The first-order valence-corrected chi connectivity index (χ1v) is 13.3. The van der Waals surface area contributed by atoms with Crippen molar-refractivity contribution in [3.8, 4) is 11.5 Å². The summed E-state index contributed by atoms with van der Waals surface area (Å²) in [6.45, 7) is 3.61. The fourth-order valence-electron chi connectivity index (χ4n) is 3.55. The van der Waals surface area contributed by atoms with E-state index in [1.54, 1.807) is 31.2 Å². The molecule has 3 aromatic carbocycles. The molecule has 1 aliphatic rings. The Balaban J connectivity index is 1.73. The molecule has 1 saturated heterocycles. The van der Waals surface area contributed by atoms with Gasteiger partial charge in [-0.1, -0.05) is 53.0 Å². The minimum atomic E-state index is -4.25. The lowest BCUT2D eigenvalue weighted by molar-refractivity contribution is -0.122. The monoisotopic (exact) mass is 574 g/mol. The lowest BCUT2D eigenvalue weighted by Crippen LogP contribution is -2.54. The van der Waals surface area contributed by atoms with Crippen LogP contribution in [0.4, 0.5) is 10.5 Å². The first kappa shape index (κ1) is 27.2. The van der Waals surface area contributed by atoms with E-state index in [-0.39, 0.29) is 49.9 Å². The van der Waals surface area contributed by atoms with Gasteiger partial charge in [-0.2, -0.15) is 8.42 Å². The van der Waals surface area contributed by atoms with E-state index >= 15 is 0 Å². The van der Waals surface area contributed by atoms with E-state index in [0.29, 0.717) is 0 Å². The number of amides is 4. The van der Waals surface area contributed by atoms with E-state index in [0.717, 1.165) is 10.5 Å². The molecule has 0 bridgehead atoms. The molecule has 0 unspecified atom stereocenters. The number of nitrogens with one attached hydrogen (secondary N) is 1. The van der Waals surface area contributed by atoms with Crippen molar-refractivity contribution < 1.29 is 31.7 Å². The topological polar surface area (TPSA) is 119 Å². The molecule has 0 aliphatic carbocycles. The van der Waals surface area contributed by atoms with E-state index in [9.17, 15) is 22.8 Å². The van der Waals surface area contributed by atoms with Crippen LogP contribution in [0.3, 0.4) is 0 Å². The molecule has 38 heavy (non-hydrogen) atoms. The average molecular weight is 575 g/mol. The standard InChI is InChI=1S/C26H20Cl2N2O7S/c1-3-36-22-14-16(13-20(28)23(22)37-38(34,35)17-10-8-15(2)9-11-17)12-18-24(31)29-26(33)30(25(18)32)21-7-5-4-6-19(21)27/h4-14H,3H2,1-2H3,(H,29,31,33)/b18-12+. The molecule has 4 rings (SSSR count). The lowest BCUT2D eigenvalue weighted by atomic mass is 10.1. The van der Waals surface area contributed by atoms with E-state index in [2.05, 4.69) is 5.32 Å². The van der Waals surface area contributed by atoms with Crippen LogP contribution in [-0.4, -0.2) is 32.9 Å². The molecule has 1 N–H and O–H groups in total. The molecule has 0 atom stereocenters. The summed E-state index contributed by atoms with van der Waals surface area (Å²) in [5.74, 6) is -2.14. The van der Waals surface area contributed by atoms with Crippen molar-refractivity contribution >= 4 is 62.9 Å². The van der Waals surface area contributed by atoms with Crippen molar-refractivity contribution in [1.29, 1.82) is 0 Å². The van der Waals surface area contributed by atoms with Crippen molar-refractivity contribution in [2.24, 2.45) is 0 Å². The van der Waals surface area contributed by atoms with Crippen molar-refractivity contribution in [2.75, 3.05) is 11.5 Å². The molecule has 4 amide bonds. The maximum Gasteiger partial charge on any atom is 0.339 e. The van der Waals surface area contributed by atoms with E-state index in [4.69, 9.17) is 32.1 Å². The van der Waals surface area contributed by atoms with Gasteiger partial charge in [-0.05, 0) is 61.9 Å². The third-order valence-corrected chi connectivity index (χ3v) is 7.18. The zero-order valence-electron chi connectivity index (χ0n) is 20.0. The SMILES string of the molecule is CCOc1cc(/C=C2\C(=O)NC(=O)N(c3ccccc3Cl)C2=O)cc(Cl)c1OS(=O)(=O)c1ccc(C)cc1. The van der Waals surface area contributed by atoms with Crippen molar-refractivity contribution in [3.63, 3.8) is 0 Å². The molecule has 9 nitrogen and oxygen atoms in total. The number of urea groups is 1. The van der Waals surface area contributed by atoms with Crippen LogP contribution < -0.4 is 19.1 Å². The number of barbiturate groups is 1. The summed E-state index contributed by atoms with van der Waals surface area (Å²) < 4.78 is 36.6. The van der Waals surface area contributed by atoms with E-state index in [1.165, 1.54) is 42.5 Å². The number of imide groups is 2. The molecule has 0 saturated carbocycles. The Morgan fingerprint density at radius 1 is 0.974 bits per heavy atom. The fourth-order valence-corrected chi connectivity index (χ4v) is 5.03. The molecular formula is C26H20Cl2N2O7S. The molecular weight excluding hydrogens is 555 g/mol. The first-order chi connectivity index (χ1) is 18.0. The summed E-state index contributed by atoms with van der Waals surface area (Å²) in [5.41, 5.74) is 0.785. The normalized spacial score (nSPS) is 15.0. The maximum atomic E-state index is 13.2. The second kappa shape index (κ2) is 10.9. The van der Waals surface area contributed by atoms with Gasteiger partial charge >= 0.3 is 16.1 Å². The van der Waals surface area contributed by atoms with Crippen LogP contribution in [-0.2, 0) is 19.7 Å². The fraction of sp³-hybridized carbons (Fsp3) is 0.115. The maximum absolute atomic E-state index is 13.2. The summed E-state index contributed by atoms with van der Waals surface area (Å²) in [4.78, 5) is 38.9. The molecule has 1 heterocycles. The van der Waals surface area contributed by atoms with E-state index < -0.39 is 28.0 Å². The Morgan fingerprint density at radius 3 is 2.32 bits per heavy atom. The Labute approximate surface area is 228 Å². The Bertz CT molecular complexity index is 1590. The number of hydrogen-bond donors (Lipinski definition) is 1. The number of anilines is 1. The molecule has 0 spiro atoms. The first-order valence-electron chi connectivity index (χ1n) is 11.2. The second-order valence-electron chi connectivity index (χ2n) is 8.02. The van der Waals surface area contributed by atoms with Crippen molar-refractivity contribution in [3.05, 3.63) is 87.4 Å². The molecule has 3 aromatic rings. The number of aryl methyl sites for hydroxylation is 1. The van der Waals surface area contributed by atoms with Gasteiger partial charge in [0.1, 0.15) is 10.5 Å². The Hall–Kier alpha value is -3.86. The summed E-state index contributed by atoms with van der Waals surface area (Å²) in [6, 6.07) is 13.9. The summed E-state index contributed by atoms with van der Waals surface area (Å²) in [6.07, 6.45) is 1.20. The second-order valence-corrected chi connectivity index (χ2v) is 10.4. The summed E-state index contributed by atoms with van der Waals surface area (Å²) in [5, 5.41) is 2.08. The van der Waals surface area contributed by atoms with Gasteiger partial charge in [0.2, 0.25) is 5.75 Å². The number of para-hydroxylation sites is 1. The van der Waals surface area contributed by atoms with Crippen LogP contribution in [0.5, 0.6) is 11.5 Å². The third kappa shape index (κ3) is 5.52. The van der Waals surface area contributed by atoms with Gasteiger partial charge in [0, 0.05) is 0 Å². The number of nitrogens with zero attached hydrogens (tertiary/aromatic N) is 1. The van der Waals surface area contributed by atoms with Crippen LogP contribution in [0.25, 0.3) is 6.08 Å². The van der Waals surface area contributed by atoms with E-state index in [1.807, 2.05) is 6.92 Å². The molecule has 196 valence electrons. The van der Waals surface area contributed by atoms with Crippen LogP contribution >= 0.6 is 23.2 Å². The smallest absolute Gasteiger partial charge is 0.339 e. The largest absolute Gasteiger partial charge is 0.490 e. The Kier molecular flexibility index (Phi) is 7.77. The molecule has 0 radical (unpaired) electrons. The van der Waals surface area contributed by atoms with Crippen LogP contribution in [0.1, 0.15) is 18.1 Å². The minimum absolute atomic E-state index is 0.0368. The van der Waals surface area contributed by atoms with Gasteiger partial charge in [0.25, 0.3) is 11.8 Å². The highest BCUT2D eigenvalue weighted by Gasteiger charge is 2.37. The number of ether oxygens (including phenoxy) is 1. The highest BCUT2D eigenvalue weighted by molar-refractivity contribution is 7.87. The van der Waals surface area contributed by atoms with Gasteiger partial charge in [0.15, 0.2) is 5.75 Å². The van der Waals surface area contributed by atoms with Crippen molar-refractivity contribution in [2.45, 2.75) is 18.7 Å². The Morgan fingerprint density at radius 2 is 1.66 bits per heavy atom. The average Bonchev–Trinajstić information content (AvgIpc) is 2.85. The van der Waals surface area contributed by atoms with Crippen LogP contribution in [0.15, 0.2) is 71.1 Å². The van der Waals surface area contributed by atoms with Crippen LogP contribution in [0.2, 0.25) is 10.0 Å². The number of rotatable bonds is 7. The molecule has 1 aliphatic heterocycles. The lowest BCUT2D eigenvalue weighted by Gasteiger charge is -2.27. The highest BCUT2D eigenvalue weighted by Crippen LogP contribution is 2.39. The summed E-state index contributed by atoms with van der Waals surface area (Å²) >= 11 is 12.5. The van der Waals surface area contributed by atoms with Crippen LogP contribution in [0, 0.1) is 6.92 Å². The minimum Gasteiger partial charge on any atom is -0.490 e. The number of carbonyl (C=O) groups is 3. The highest BCUT2D eigenvalue weighted by atomic mass is 35.5. The number of benzene rings is 3. The zero-order valence-corrected chi connectivity index (χ0v) is 22.4. The zero-order chi connectivity index (χ0) is 27.6. The molecule has 0 aromatic heterocycles. The molecule has 12 heteroatoms. The van der Waals surface area contributed by atoms with Crippen molar-refractivity contribution in [1.82, 2.24) is 5.32 Å². The molecule has 1 fully saturated rings. The van der Waals surface area contributed by atoms with Gasteiger partial charge in [0.05, 0.1) is 22.3 Å². The quantitative estimate of drug-likeness (QED) is 0.236. The third-order valence-electron chi connectivity index (χ3n) is 5.34. The number of halogens is 2. The number of carbonyl (C=O) groups excluding carboxylic acids is 3. The van der Waals surface area contributed by atoms with Gasteiger partial charge in [-0.3, -0.25) is 14.9 Å². The van der Waals surface area contributed by atoms with Gasteiger partial charge in [-0.15, -0.1) is 0 Å². The summed E-state index contributed by atoms with van der Waals surface area (Å²) in [7, 11) is -4.25. The number of hydrogen-bond acceptors (Lipinski definition) is 7. The predicted molar refractivity (Wildman–Crippen MR) is 142 cm³/mol. The predicted octanol–water partition coefficient (Wildman–Crippen LogP) is 5.13.